The van der Waals surface area contributed by atoms with E-state index in [1.165, 1.54) is 6.42 Å². The van der Waals surface area contributed by atoms with Crippen LogP contribution in [0.1, 0.15) is 26.7 Å². The van der Waals surface area contributed by atoms with Crippen molar-refractivity contribution in [2.75, 3.05) is 19.8 Å². The van der Waals surface area contributed by atoms with Gasteiger partial charge in [-0.05, 0) is 26.3 Å². The Balaban J connectivity index is 2.22. The van der Waals surface area contributed by atoms with Crippen molar-refractivity contribution in [3.8, 4) is 0 Å². The second-order valence-corrected chi connectivity index (χ2v) is 3.29. The van der Waals surface area contributed by atoms with Crippen LogP contribution in [0.3, 0.4) is 0 Å². The highest BCUT2D eigenvalue weighted by Gasteiger charge is 2.27. The lowest BCUT2D eigenvalue weighted by molar-refractivity contribution is 0.172. The third kappa shape index (κ3) is 1.96. The van der Waals surface area contributed by atoms with Crippen LogP contribution in [0.2, 0.25) is 0 Å². The molecule has 1 aliphatic heterocycles. The van der Waals surface area contributed by atoms with Crippen LogP contribution in [0.5, 0.6) is 0 Å². The topological polar surface area (TPSA) is 21.3 Å². The molecule has 0 aromatic heterocycles. The first-order chi connectivity index (χ1) is 4.77. The summed E-state index contributed by atoms with van der Waals surface area (Å²) < 4.78 is 5.29. The van der Waals surface area contributed by atoms with Crippen LogP contribution in [0.25, 0.3) is 0 Å². The van der Waals surface area contributed by atoms with E-state index in [-0.39, 0.29) is 5.54 Å². The number of ether oxygens (including phenoxy) is 1. The standard InChI is InChI=1S/C8H17NO/c1-3-5-9-8(2)4-6-10-7-8/h9H,3-7H2,1-2H3. The molecule has 0 aliphatic carbocycles. The molecule has 2 nitrogen and oxygen atoms in total. The van der Waals surface area contributed by atoms with E-state index in [0.29, 0.717) is 0 Å². The van der Waals surface area contributed by atoms with E-state index in [4.69, 9.17) is 4.74 Å². The minimum atomic E-state index is 0.274. The lowest BCUT2D eigenvalue weighted by Gasteiger charge is -2.22. The van der Waals surface area contributed by atoms with E-state index in [0.717, 1.165) is 26.2 Å². The maximum atomic E-state index is 5.29. The molecule has 0 aromatic rings. The van der Waals surface area contributed by atoms with Crippen LogP contribution in [0.15, 0.2) is 0 Å². The van der Waals surface area contributed by atoms with E-state index < -0.39 is 0 Å². The van der Waals surface area contributed by atoms with Crippen LogP contribution in [0.4, 0.5) is 0 Å². The third-order valence-electron chi connectivity index (χ3n) is 2.02. The van der Waals surface area contributed by atoms with Crippen LogP contribution in [0, 0.1) is 0 Å². The van der Waals surface area contributed by atoms with Gasteiger partial charge in [-0.2, -0.15) is 0 Å². The molecule has 1 rings (SSSR count). The van der Waals surface area contributed by atoms with E-state index in [1.54, 1.807) is 0 Å². The molecule has 2 heteroatoms. The summed E-state index contributed by atoms with van der Waals surface area (Å²) in [7, 11) is 0. The molecule has 0 amide bonds. The van der Waals surface area contributed by atoms with Crippen molar-refractivity contribution in [2.45, 2.75) is 32.2 Å². The second kappa shape index (κ2) is 3.35. The van der Waals surface area contributed by atoms with Gasteiger partial charge in [-0.15, -0.1) is 0 Å². The molecule has 1 aliphatic rings. The Bertz CT molecular complexity index is 97.4. The van der Waals surface area contributed by atoms with Gasteiger partial charge in [0.1, 0.15) is 0 Å². The van der Waals surface area contributed by atoms with Gasteiger partial charge >= 0.3 is 0 Å². The fourth-order valence-electron chi connectivity index (χ4n) is 1.23. The fourth-order valence-corrected chi connectivity index (χ4v) is 1.23. The van der Waals surface area contributed by atoms with Crippen molar-refractivity contribution in [2.24, 2.45) is 0 Å². The molecule has 0 spiro atoms. The van der Waals surface area contributed by atoms with Gasteiger partial charge in [0.15, 0.2) is 0 Å². The van der Waals surface area contributed by atoms with Gasteiger partial charge in [-0.3, -0.25) is 0 Å². The number of rotatable bonds is 3. The zero-order valence-corrected chi connectivity index (χ0v) is 6.94. The van der Waals surface area contributed by atoms with Gasteiger partial charge in [0.25, 0.3) is 0 Å². The molecule has 0 radical (unpaired) electrons. The first-order valence-electron chi connectivity index (χ1n) is 4.10. The van der Waals surface area contributed by atoms with Crippen molar-refractivity contribution in [3.05, 3.63) is 0 Å². The summed E-state index contributed by atoms with van der Waals surface area (Å²) in [6.45, 7) is 7.34. The smallest absolute Gasteiger partial charge is 0.0646 e. The maximum Gasteiger partial charge on any atom is 0.0646 e. The molecule has 1 saturated heterocycles. The monoisotopic (exact) mass is 143 g/mol. The van der Waals surface area contributed by atoms with Crippen molar-refractivity contribution in [1.82, 2.24) is 5.32 Å². The van der Waals surface area contributed by atoms with E-state index in [1.807, 2.05) is 0 Å². The highest BCUT2D eigenvalue weighted by molar-refractivity contribution is 4.86. The molecule has 1 atom stereocenters. The second-order valence-electron chi connectivity index (χ2n) is 3.29. The molecule has 1 heterocycles. The van der Waals surface area contributed by atoms with Gasteiger partial charge in [0, 0.05) is 12.1 Å². The molecule has 0 bridgehead atoms. The van der Waals surface area contributed by atoms with Gasteiger partial charge in [-0.1, -0.05) is 6.92 Å². The normalized spacial score (nSPS) is 33.0. The quantitative estimate of drug-likeness (QED) is 0.640. The van der Waals surface area contributed by atoms with Crippen LogP contribution in [-0.2, 0) is 4.74 Å². The van der Waals surface area contributed by atoms with E-state index in [9.17, 15) is 0 Å². The third-order valence-corrected chi connectivity index (χ3v) is 2.02. The molecule has 1 N–H and O–H groups in total. The lowest BCUT2D eigenvalue weighted by atomic mass is 10.0. The highest BCUT2D eigenvalue weighted by atomic mass is 16.5. The van der Waals surface area contributed by atoms with Crippen molar-refractivity contribution in [1.29, 1.82) is 0 Å². The van der Waals surface area contributed by atoms with Crippen molar-refractivity contribution < 1.29 is 4.74 Å². The number of hydrogen-bond donors (Lipinski definition) is 1. The predicted octanol–water partition coefficient (Wildman–Crippen LogP) is 1.16. The number of hydrogen-bond acceptors (Lipinski definition) is 2. The summed E-state index contributed by atoms with van der Waals surface area (Å²) in [5, 5.41) is 3.48. The fraction of sp³-hybridized carbons (Fsp3) is 1.00. The molecule has 10 heavy (non-hydrogen) atoms. The van der Waals surface area contributed by atoms with E-state index in [2.05, 4.69) is 19.2 Å². The zero-order chi connectivity index (χ0) is 7.45. The van der Waals surface area contributed by atoms with E-state index >= 15 is 0 Å². The molecular weight excluding hydrogens is 126 g/mol. The first-order valence-corrected chi connectivity index (χ1v) is 4.10. The average molecular weight is 143 g/mol. The largest absolute Gasteiger partial charge is 0.379 e. The summed E-state index contributed by atoms with van der Waals surface area (Å²) in [5.41, 5.74) is 0.274. The minimum absolute atomic E-state index is 0.274. The summed E-state index contributed by atoms with van der Waals surface area (Å²) in [6, 6.07) is 0. The molecule has 0 aromatic carbocycles. The first kappa shape index (κ1) is 8.02. The minimum Gasteiger partial charge on any atom is -0.379 e. The molecule has 0 saturated carbocycles. The van der Waals surface area contributed by atoms with Gasteiger partial charge in [-0.25, -0.2) is 0 Å². The van der Waals surface area contributed by atoms with Gasteiger partial charge in [0.2, 0.25) is 0 Å². The Morgan fingerprint density at radius 2 is 2.40 bits per heavy atom. The van der Waals surface area contributed by atoms with Crippen LogP contribution in [-0.4, -0.2) is 25.3 Å². The average Bonchev–Trinajstić information content (AvgIpc) is 2.33. The molecule has 1 unspecified atom stereocenters. The van der Waals surface area contributed by atoms with Crippen molar-refractivity contribution in [3.63, 3.8) is 0 Å². The Labute approximate surface area is 63.0 Å². The highest BCUT2D eigenvalue weighted by Crippen LogP contribution is 2.16. The summed E-state index contributed by atoms with van der Waals surface area (Å²) in [4.78, 5) is 0. The van der Waals surface area contributed by atoms with Crippen LogP contribution >= 0.6 is 0 Å². The summed E-state index contributed by atoms with van der Waals surface area (Å²) in [5.74, 6) is 0. The molecule has 60 valence electrons. The zero-order valence-electron chi connectivity index (χ0n) is 6.94. The number of nitrogens with one attached hydrogen (secondary N) is 1. The molecular formula is C8H17NO. The maximum absolute atomic E-state index is 5.29. The lowest BCUT2D eigenvalue weighted by Crippen LogP contribution is -2.43. The summed E-state index contributed by atoms with van der Waals surface area (Å²) in [6.07, 6.45) is 2.36. The van der Waals surface area contributed by atoms with Gasteiger partial charge in [0.05, 0.1) is 6.61 Å². The predicted molar refractivity (Wildman–Crippen MR) is 42.1 cm³/mol. The van der Waals surface area contributed by atoms with Gasteiger partial charge < -0.3 is 10.1 Å². The van der Waals surface area contributed by atoms with Crippen LogP contribution < -0.4 is 5.32 Å². The Kier molecular flexibility index (Phi) is 2.69. The SMILES string of the molecule is CCCNC1(C)CCOC1. The molecule has 1 fully saturated rings. The van der Waals surface area contributed by atoms with Crippen molar-refractivity contribution >= 4 is 0 Å². The Morgan fingerprint density at radius 1 is 1.60 bits per heavy atom. The Morgan fingerprint density at radius 3 is 2.90 bits per heavy atom. The Hall–Kier alpha value is -0.0800. The summed E-state index contributed by atoms with van der Waals surface area (Å²) >= 11 is 0.